The van der Waals surface area contributed by atoms with Crippen LogP contribution in [0.4, 0.5) is 13.2 Å². The fraction of sp³-hybridized carbons (Fsp3) is 1.00. The third-order valence-corrected chi connectivity index (χ3v) is 3.36. The highest BCUT2D eigenvalue weighted by molar-refractivity contribution is 5.04. The summed E-state index contributed by atoms with van der Waals surface area (Å²) in [5.74, 6) is 0.841. The molecular formula is C10H16F3NO. The summed E-state index contributed by atoms with van der Waals surface area (Å²) in [5.41, 5.74) is 0.443. The Morgan fingerprint density at radius 1 is 1.27 bits per heavy atom. The van der Waals surface area contributed by atoms with Gasteiger partial charge in [-0.1, -0.05) is 0 Å². The molecular weight excluding hydrogens is 207 g/mol. The Morgan fingerprint density at radius 3 is 2.40 bits per heavy atom. The van der Waals surface area contributed by atoms with Gasteiger partial charge in [0.15, 0.2) is 0 Å². The van der Waals surface area contributed by atoms with E-state index in [1.165, 1.54) is 25.7 Å². The van der Waals surface area contributed by atoms with Crippen molar-refractivity contribution in [2.45, 2.75) is 32.0 Å². The van der Waals surface area contributed by atoms with Gasteiger partial charge in [0.1, 0.15) is 0 Å². The zero-order chi connectivity index (χ0) is 10.9. The van der Waals surface area contributed by atoms with Crippen LogP contribution in [0.3, 0.4) is 0 Å². The minimum Gasteiger partial charge on any atom is -0.314 e. The second kappa shape index (κ2) is 3.94. The minimum atomic E-state index is -4.49. The van der Waals surface area contributed by atoms with Crippen LogP contribution in [-0.2, 0) is 4.74 Å². The average Bonchev–Trinajstić information content (AvgIpc) is 2.97. The van der Waals surface area contributed by atoms with Crippen molar-refractivity contribution >= 4 is 0 Å². The monoisotopic (exact) mass is 223 g/mol. The molecule has 88 valence electrons. The number of alkyl halides is 3. The van der Waals surface area contributed by atoms with E-state index >= 15 is 0 Å². The molecule has 0 aromatic heterocycles. The lowest BCUT2D eigenvalue weighted by atomic mass is 10.0. The van der Waals surface area contributed by atoms with Gasteiger partial charge in [-0.2, -0.15) is 0 Å². The van der Waals surface area contributed by atoms with Crippen LogP contribution in [0.15, 0.2) is 0 Å². The quantitative estimate of drug-likeness (QED) is 0.698. The Morgan fingerprint density at radius 2 is 1.93 bits per heavy atom. The molecule has 0 atom stereocenters. The molecule has 2 nitrogen and oxygen atoms in total. The molecule has 1 N–H and O–H groups in total. The first kappa shape index (κ1) is 11.2. The van der Waals surface area contributed by atoms with E-state index in [4.69, 9.17) is 0 Å². The van der Waals surface area contributed by atoms with Gasteiger partial charge in [0, 0.05) is 13.1 Å². The number of halogens is 3. The Bertz CT molecular complexity index is 221. The zero-order valence-electron chi connectivity index (χ0n) is 8.57. The van der Waals surface area contributed by atoms with E-state index in [9.17, 15) is 13.2 Å². The molecule has 0 aliphatic heterocycles. The Kier molecular flexibility index (Phi) is 2.94. The number of ether oxygens (including phenoxy) is 1. The van der Waals surface area contributed by atoms with E-state index in [1.54, 1.807) is 0 Å². The van der Waals surface area contributed by atoms with Crippen molar-refractivity contribution in [3.63, 3.8) is 0 Å². The van der Waals surface area contributed by atoms with Crippen molar-refractivity contribution in [3.05, 3.63) is 0 Å². The van der Waals surface area contributed by atoms with Crippen LogP contribution >= 0.6 is 0 Å². The number of rotatable bonds is 6. The predicted octanol–water partition coefficient (Wildman–Crippen LogP) is 2.30. The summed E-state index contributed by atoms with van der Waals surface area (Å²) in [6, 6.07) is 0. The van der Waals surface area contributed by atoms with Gasteiger partial charge in [-0.15, -0.1) is 13.2 Å². The number of hydrogen-bond acceptors (Lipinski definition) is 2. The van der Waals surface area contributed by atoms with E-state index in [1.807, 2.05) is 0 Å². The van der Waals surface area contributed by atoms with Crippen LogP contribution in [0.2, 0.25) is 0 Å². The Hall–Kier alpha value is -0.290. The topological polar surface area (TPSA) is 21.3 Å². The molecule has 0 saturated heterocycles. The SMILES string of the molecule is FC(F)(F)OCCNCC1(C2CC2)CC1. The molecule has 0 bridgehead atoms. The lowest BCUT2D eigenvalue weighted by molar-refractivity contribution is -0.323. The van der Waals surface area contributed by atoms with Gasteiger partial charge in [0.25, 0.3) is 0 Å². The molecule has 0 amide bonds. The maximum absolute atomic E-state index is 11.6. The van der Waals surface area contributed by atoms with Crippen LogP contribution in [-0.4, -0.2) is 26.1 Å². The molecule has 0 heterocycles. The molecule has 0 radical (unpaired) electrons. The van der Waals surface area contributed by atoms with Gasteiger partial charge in [0.2, 0.25) is 0 Å². The van der Waals surface area contributed by atoms with E-state index in [0.29, 0.717) is 5.41 Å². The molecule has 2 rings (SSSR count). The molecule has 2 aliphatic carbocycles. The lowest BCUT2D eigenvalue weighted by Crippen LogP contribution is -2.30. The third kappa shape index (κ3) is 3.34. The Labute approximate surface area is 87.2 Å². The van der Waals surface area contributed by atoms with Crippen molar-refractivity contribution < 1.29 is 17.9 Å². The molecule has 2 saturated carbocycles. The van der Waals surface area contributed by atoms with Gasteiger partial charge in [-0.05, 0) is 37.0 Å². The summed E-state index contributed by atoms with van der Waals surface area (Å²) in [4.78, 5) is 0. The maximum Gasteiger partial charge on any atom is 0.522 e. The van der Waals surface area contributed by atoms with Gasteiger partial charge < -0.3 is 5.32 Å². The Balaban J connectivity index is 1.52. The molecule has 0 aromatic rings. The highest BCUT2D eigenvalue weighted by atomic mass is 19.4. The van der Waals surface area contributed by atoms with E-state index in [-0.39, 0.29) is 13.2 Å². The van der Waals surface area contributed by atoms with Crippen LogP contribution < -0.4 is 5.32 Å². The first-order valence-electron chi connectivity index (χ1n) is 5.43. The minimum absolute atomic E-state index is 0.286. The van der Waals surface area contributed by atoms with Crippen molar-refractivity contribution in [1.82, 2.24) is 5.32 Å². The number of nitrogens with one attached hydrogen (secondary N) is 1. The van der Waals surface area contributed by atoms with Gasteiger partial charge in [-0.3, -0.25) is 4.74 Å². The molecule has 2 aliphatic rings. The zero-order valence-corrected chi connectivity index (χ0v) is 8.57. The van der Waals surface area contributed by atoms with Crippen LogP contribution in [0, 0.1) is 11.3 Å². The van der Waals surface area contributed by atoms with Crippen molar-refractivity contribution in [2.75, 3.05) is 19.7 Å². The van der Waals surface area contributed by atoms with E-state index < -0.39 is 6.36 Å². The maximum atomic E-state index is 11.6. The summed E-state index contributed by atoms with van der Waals surface area (Å²) in [7, 11) is 0. The second-order valence-corrected chi connectivity index (χ2v) is 4.61. The summed E-state index contributed by atoms with van der Waals surface area (Å²) < 4.78 is 38.5. The average molecular weight is 223 g/mol. The molecule has 2 fully saturated rings. The first-order valence-corrected chi connectivity index (χ1v) is 5.43. The van der Waals surface area contributed by atoms with Crippen LogP contribution in [0.1, 0.15) is 25.7 Å². The fourth-order valence-corrected chi connectivity index (χ4v) is 2.16. The van der Waals surface area contributed by atoms with Crippen molar-refractivity contribution in [3.8, 4) is 0 Å². The summed E-state index contributed by atoms with van der Waals surface area (Å²) in [6.45, 7) is 0.858. The first-order chi connectivity index (χ1) is 7.02. The normalized spacial score (nSPS) is 24.2. The predicted molar refractivity (Wildman–Crippen MR) is 49.3 cm³/mol. The van der Waals surface area contributed by atoms with Gasteiger partial charge >= 0.3 is 6.36 Å². The highest BCUT2D eigenvalue weighted by Crippen LogP contribution is 2.60. The molecule has 0 spiro atoms. The summed E-state index contributed by atoms with van der Waals surface area (Å²) in [6.07, 6.45) is 0.604. The van der Waals surface area contributed by atoms with Crippen molar-refractivity contribution in [1.29, 1.82) is 0 Å². The van der Waals surface area contributed by atoms with Crippen LogP contribution in [0.25, 0.3) is 0 Å². The molecule has 0 aromatic carbocycles. The molecule has 15 heavy (non-hydrogen) atoms. The fourth-order valence-electron chi connectivity index (χ4n) is 2.16. The van der Waals surface area contributed by atoms with Crippen molar-refractivity contribution in [2.24, 2.45) is 11.3 Å². The smallest absolute Gasteiger partial charge is 0.314 e. The van der Waals surface area contributed by atoms with Crippen LogP contribution in [0.5, 0.6) is 0 Å². The largest absolute Gasteiger partial charge is 0.522 e. The van der Waals surface area contributed by atoms with Gasteiger partial charge in [0.05, 0.1) is 6.61 Å². The second-order valence-electron chi connectivity index (χ2n) is 4.61. The third-order valence-electron chi connectivity index (χ3n) is 3.36. The van der Waals surface area contributed by atoms with E-state index in [0.717, 1.165) is 12.5 Å². The molecule has 0 unspecified atom stereocenters. The standard InChI is InChI=1S/C10H16F3NO/c11-10(12,13)15-6-5-14-7-9(3-4-9)8-1-2-8/h8,14H,1-7H2. The number of hydrogen-bond donors (Lipinski definition) is 1. The summed E-state index contributed by atoms with van der Waals surface area (Å²) in [5, 5.41) is 3.06. The van der Waals surface area contributed by atoms with E-state index in [2.05, 4.69) is 10.1 Å². The lowest BCUT2D eigenvalue weighted by Gasteiger charge is -2.15. The highest BCUT2D eigenvalue weighted by Gasteiger charge is 2.53. The van der Waals surface area contributed by atoms with Gasteiger partial charge in [-0.25, -0.2) is 0 Å². The summed E-state index contributed by atoms with van der Waals surface area (Å²) >= 11 is 0. The molecule has 5 heteroatoms.